The molecule has 1 aromatic rings. The van der Waals surface area contributed by atoms with Crippen LogP contribution in [0.4, 0.5) is 0 Å². The molecule has 0 N–H and O–H groups in total. The molecule has 0 aliphatic carbocycles. The van der Waals surface area contributed by atoms with E-state index in [-0.39, 0.29) is 29.5 Å². The molecule has 0 fully saturated rings. The summed E-state index contributed by atoms with van der Waals surface area (Å²) in [5.74, 6) is 0. The van der Waals surface area contributed by atoms with Gasteiger partial charge in [0.05, 0.1) is 12.2 Å². The molecule has 6 heteroatoms. The molecule has 0 saturated heterocycles. The number of aromatic nitrogens is 3. The van der Waals surface area contributed by atoms with Gasteiger partial charge in [-0.05, 0) is 0 Å². The molecule has 0 aromatic carbocycles. The number of nitrogens with zero attached hydrogens (tertiary/aromatic N) is 3. The lowest BCUT2D eigenvalue weighted by Gasteiger charge is -2.01. The Labute approximate surface area is 93.4 Å². The molecule has 0 spiro atoms. The molecule has 0 radical (unpaired) electrons. The van der Waals surface area contributed by atoms with Gasteiger partial charge in [-0.2, -0.15) is 0 Å². The van der Waals surface area contributed by atoms with Crippen LogP contribution in [0.15, 0.2) is 4.79 Å². The molecule has 0 amide bonds. The van der Waals surface area contributed by atoms with Gasteiger partial charge in [0, 0.05) is 14.0 Å². The third-order valence-electron chi connectivity index (χ3n) is 1.80. The number of aryl methyl sites for hydroxylation is 1. The number of hydrogen-bond donors (Lipinski definition) is 0. The van der Waals surface area contributed by atoms with Crippen molar-refractivity contribution in [2.75, 3.05) is 7.11 Å². The van der Waals surface area contributed by atoms with Crippen LogP contribution in [0.3, 0.4) is 0 Å². The molecule has 0 atom stereocenters. The summed E-state index contributed by atoms with van der Waals surface area (Å²) in [5.41, 5.74) is 0.489. The lowest BCUT2D eigenvalue weighted by atomic mass is 10.5. The Balaban J connectivity index is 0.00000144. The zero-order valence-electron chi connectivity index (χ0n) is 8.04. The normalized spacial score (nSPS) is 9.23. The highest BCUT2D eigenvalue weighted by Crippen LogP contribution is 1.95. The van der Waals surface area contributed by atoms with Crippen molar-refractivity contribution in [1.82, 2.24) is 9.67 Å². The smallest absolute Gasteiger partial charge is 0.361 e. The van der Waals surface area contributed by atoms with E-state index in [9.17, 15) is 4.79 Å². The third-order valence-corrected chi connectivity index (χ3v) is 1.80. The van der Waals surface area contributed by atoms with E-state index in [1.54, 1.807) is 21.0 Å². The minimum Gasteiger partial charge on any atom is -1.00 e. The van der Waals surface area contributed by atoms with E-state index < -0.39 is 0 Å². The van der Waals surface area contributed by atoms with Crippen molar-refractivity contribution in [2.45, 2.75) is 6.92 Å². The van der Waals surface area contributed by atoms with E-state index in [0.29, 0.717) is 11.7 Å². The Bertz CT molecular complexity index is 361. The standard InChI is InChI=1S/C7H12N3O2.HI/c1-5-6(11)9(2)7(12-4)8-10(5)3;/h1-4H3;1H/q+1;/p-1. The van der Waals surface area contributed by atoms with Crippen LogP contribution in [0.25, 0.3) is 0 Å². The maximum absolute atomic E-state index is 11.4. The van der Waals surface area contributed by atoms with Gasteiger partial charge in [0.1, 0.15) is 0 Å². The first kappa shape index (κ1) is 12.3. The Morgan fingerprint density at radius 3 is 2.54 bits per heavy atom. The van der Waals surface area contributed by atoms with Gasteiger partial charge in [-0.3, -0.25) is 9.36 Å². The van der Waals surface area contributed by atoms with Crippen LogP contribution in [0.5, 0.6) is 6.01 Å². The van der Waals surface area contributed by atoms with Gasteiger partial charge >= 0.3 is 11.6 Å². The fourth-order valence-electron chi connectivity index (χ4n) is 0.916. The summed E-state index contributed by atoms with van der Waals surface area (Å²) in [6.07, 6.45) is 0. The Kier molecular flexibility index (Phi) is 4.31. The summed E-state index contributed by atoms with van der Waals surface area (Å²) < 4.78 is 7.76. The van der Waals surface area contributed by atoms with E-state index in [1.807, 2.05) is 0 Å². The van der Waals surface area contributed by atoms with Gasteiger partial charge in [-0.25, -0.2) is 0 Å². The van der Waals surface area contributed by atoms with Crippen molar-refractivity contribution in [3.8, 4) is 6.01 Å². The minimum atomic E-state index is -0.0932. The zero-order chi connectivity index (χ0) is 9.30. The number of rotatable bonds is 1. The molecule has 1 aromatic heterocycles. The van der Waals surface area contributed by atoms with Crippen molar-refractivity contribution in [1.29, 1.82) is 0 Å². The van der Waals surface area contributed by atoms with Crippen molar-refractivity contribution >= 4 is 0 Å². The maximum Gasteiger partial charge on any atom is 0.361 e. The van der Waals surface area contributed by atoms with Crippen LogP contribution in [0.1, 0.15) is 5.69 Å². The minimum absolute atomic E-state index is 0. The largest absolute Gasteiger partial charge is 1.00 e. The summed E-state index contributed by atoms with van der Waals surface area (Å²) in [4.78, 5) is 11.4. The van der Waals surface area contributed by atoms with Crippen molar-refractivity contribution < 1.29 is 33.4 Å². The summed E-state index contributed by atoms with van der Waals surface area (Å²) in [7, 11) is 4.82. The second-order valence-corrected chi connectivity index (χ2v) is 2.56. The molecular weight excluding hydrogens is 285 g/mol. The predicted octanol–water partition coefficient (Wildman–Crippen LogP) is -4.07. The van der Waals surface area contributed by atoms with E-state index in [0.717, 1.165) is 0 Å². The molecule has 74 valence electrons. The average molecular weight is 297 g/mol. The fraction of sp³-hybridized carbons (Fsp3) is 0.571. The lowest BCUT2D eigenvalue weighted by Crippen LogP contribution is -3.00. The van der Waals surface area contributed by atoms with Gasteiger partial charge in [-0.15, -0.1) is 0 Å². The van der Waals surface area contributed by atoms with E-state index in [2.05, 4.69) is 5.10 Å². The van der Waals surface area contributed by atoms with E-state index in [1.165, 1.54) is 16.4 Å². The highest BCUT2D eigenvalue weighted by Gasteiger charge is 2.14. The van der Waals surface area contributed by atoms with Crippen LogP contribution in [0, 0.1) is 6.92 Å². The van der Waals surface area contributed by atoms with Gasteiger partial charge < -0.3 is 28.7 Å². The maximum atomic E-state index is 11.4. The van der Waals surface area contributed by atoms with Gasteiger partial charge in [0.15, 0.2) is 7.05 Å². The second kappa shape index (κ2) is 4.54. The van der Waals surface area contributed by atoms with Crippen LogP contribution >= 0.6 is 0 Å². The van der Waals surface area contributed by atoms with Gasteiger partial charge in [0.2, 0.25) is 0 Å². The number of hydrogen-bond acceptors (Lipinski definition) is 3. The highest BCUT2D eigenvalue weighted by atomic mass is 127. The van der Waals surface area contributed by atoms with Crippen LogP contribution < -0.4 is 39.0 Å². The van der Waals surface area contributed by atoms with Gasteiger partial charge in [0.25, 0.3) is 5.69 Å². The monoisotopic (exact) mass is 297 g/mol. The summed E-state index contributed by atoms with van der Waals surface area (Å²) in [6.45, 7) is 1.72. The fourth-order valence-corrected chi connectivity index (χ4v) is 0.916. The van der Waals surface area contributed by atoms with E-state index >= 15 is 0 Å². The molecular formula is C7H12IN3O2. The average Bonchev–Trinajstić information content (AvgIpc) is 2.08. The molecule has 1 heterocycles. The molecule has 5 nitrogen and oxygen atoms in total. The number of ether oxygens (including phenoxy) is 1. The summed E-state index contributed by atoms with van der Waals surface area (Å²) in [6, 6.07) is 0.313. The SMILES string of the molecule is COc1n[n+](C)c(C)c(=O)n1C.[I-]. The molecule has 0 aliphatic rings. The number of halogens is 1. The first-order chi connectivity index (χ1) is 5.57. The molecule has 0 bridgehead atoms. The molecule has 13 heavy (non-hydrogen) atoms. The molecule has 0 aliphatic heterocycles. The quantitative estimate of drug-likeness (QED) is 0.391. The molecule has 0 saturated carbocycles. The topological polar surface area (TPSA) is 48.0 Å². The second-order valence-electron chi connectivity index (χ2n) is 2.56. The van der Waals surface area contributed by atoms with E-state index in [4.69, 9.17) is 4.74 Å². The molecule has 0 unspecified atom stereocenters. The zero-order valence-corrected chi connectivity index (χ0v) is 10.2. The summed E-state index contributed by atoms with van der Waals surface area (Å²) >= 11 is 0. The highest BCUT2D eigenvalue weighted by molar-refractivity contribution is 4.94. The lowest BCUT2D eigenvalue weighted by molar-refractivity contribution is -0.738. The first-order valence-corrected chi connectivity index (χ1v) is 3.56. The molecule has 1 rings (SSSR count). The number of methoxy groups -OCH3 is 1. The van der Waals surface area contributed by atoms with Crippen LogP contribution in [0.2, 0.25) is 0 Å². The third kappa shape index (κ3) is 2.17. The predicted molar refractivity (Wildman–Crippen MR) is 41.9 cm³/mol. The van der Waals surface area contributed by atoms with Crippen molar-refractivity contribution in [3.63, 3.8) is 0 Å². The van der Waals surface area contributed by atoms with Gasteiger partial charge in [-0.1, -0.05) is 4.68 Å². The van der Waals surface area contributed by atoms with Crippen molar-refractivity contribution in [3.05, 3.63) is 16.0 Å². The Hall–Kier alpha value is -0.660. The Morgan fingerprint density at radius 1 is 1.54 bits per heavy atom. The van der Waals surface area contributed by atoms with Crippen molar-refractivity contribution in [2.24, 2.45) is 14.1 Å². The summed E-state index contributed by atoms with van der Waals surface area (Å²) in [5, 5.41) is 4.01. The Morgan fingerprint density at radius 2 is 2.08 bits per heavy atom. The van der Waals surface area contributed by atoms with Crippen LogP contribution in [-0.4, -0.2) is 16.8 Å². The first-order valence-electron chi connectivity index (χ1n) is 3.56. The van der Waals surface area contributed by atoms with Crippen LogP contribution in [-0.2, 0) is 14.1 Å².